The monoisotopic (exact) mass is 419 g/mol. The highest BCUT2D eigenvalue weighted by molar-refractivity contribution is 5.55. The summed E-state index contributed by atoms with van der Waals surface area (Å²) in [6.07, 6.45) is 9.95. The van der Waals surface area contributed by atoms with Gasteiger partial charge in [-0.25, -0.2) is 13.8 Å². The van der Waals surface area contributed by atoms with Crippen molar-refractivity contribution < 1.29 is 13.6 Å². The molecule has 3 fully saturated rings. The van der Waals surface area contributed by atoms with Gasteiger partial charge in [0.15, 0.2) is 0 Å². The fourth-order valence-electron chi connectivity index (χ4n) is 3.88. The van der Waals surface area contributed by atoms with E-state index in [1.807, 2.05) is 21.8 Å². The molecule has 1 aliphatic carbocycles. The van der Waals surface area contributed by atoms with Crippen LogP contribution < -0.4 is 10.2 Å². The van der Waals surface area contributed by atoms with E-state index >= 15 is 0 Å². The second kappa shape index (κ2) is 8.53. The molecular formula is C20H27F2N7O. The Morgan fingerprint density at radius 2 is 1.97 bits per heavy atom. The van der Waals surface area contributed by atoms with Gasteiger partial charge in [0.25, 0.3) is 0 Å². The Hall–Kier alpha value is -2.78. The molecular weight excluding hydrogens is 392 g/mol. The Morgan fingerprint density at radius 3 is 2.57 bits per heavy atom. The van der Waals surface area contributed by atoms with Crippen molar-refractivity contribution in [3.8, 4) is 0 Å². The van der Waals surface area contributed by atoms with E-state index in [0.717, 1.165) is 56.8 Å². The lowest BCUT2D eigenvalue weighted by molar-refractivity contribution is -0.121. The summed E-state index contributed by atoms with van der Waals surface area (Å²) in [6.45, 7) is 4.69. The summed E-state index contributed by atoms with van der Waals surface area (Å²) in [5, 5.41) is 7.53. The van der Waals surface area contributed by atoms with Crippen molar-refractivity contribution in [3.05, 3.63) is 24.7 Å². The number of rotatable bonds is 6. The van der Waals surface area contributed by atoms with Crippen molar-refractivity contribution in [2.45, 2.75) is 63.6 Å². The number of hydrogen-bond acceptors (Lipinski definition) is 6. The van der Waals surface area contributed by atoms with Crippen LogP contribution in [0, 0.1) is 0 Å². The molecule has 10 heteroatoms. The van der Waals surface area contributed by atoms with Gasteiger partial charge in [-0.15, -0.1) is 0 Å². The summed E-state index contributed by atoms with van der Waals surface area (Å²) in [4.78, 5) is 24.4. The quantitative estimate of drug-likeness (QED) is 0.725. The summed E-state index contributed by atoms with van der Waals surface area (Å²) < 4.78 is 24.2. The second-order valence-corrected chi connectivity index (χ2v) is 8.05. The maximum absolute atomic E-state index is 11.2. The van der Waals surface area contributed by atoms with Gasteiger partial charge in [0, 0.05) is 57.0 Å². The van der Waals surface area contributed by atoms with Crippen molar-refractivity contribution >= 4 is 23.9 Å². The molecule has 162 valence electrons. The fourth-order valence-corrected chi connectivity index (χ4v) is 3.88. The molecule has 30 heavy (non-hydrogen) atoms. The molecule has 0 radical (unpaired) electrons. The molecule has 0 unspecified atom stereocenters. The topological polar surface area (TPSA) is 79.2 Å². The summed E-state index contributed by atoms with van der Waals surface area (Å²) >= 11 is 0. The van der Waals surface area contributed by atoms with E-state index in [1.165, 1.54) is 0 Å². The standard InChI is InChI=1S/C17H23N7O.C3H4F2/c1-2-7-23-9-13(8-19-23)20-17-18-6-5-16(21-17)22-10-14-3-4-15(11-22)24(14)12-25;4-3(5)1-2-3/h5-6,8-9,12,14-15H,2-4,7,10-11H2,1H3,(H,18,20,21);1-2H2/t14-,15-;/m0./s1. The zero-order chi connectivity index (χ0) is 21.1. The van der Waals surface area contributed by atoms with E-state index in [-0.39, 0.29) is 12.8 Å². The molecule has 1 amide bonds. The molecule has 0 spiro atoms. The number of halogens is 2. The number of nitrogens with one attached hydrogen (secondary N) is 1. The molecule has 1 N–H and O–H groups in total. The predicted octanol–water partition coefficient (Wildman–Crippen LogP) is 3.05. The van der Waals surface area contributed by atoms with Crippen molar-refractivity contribution in [3.63, 3.8) is 0 Å². The lowest BCUT2D eigenvalue weighted by atomic mass is 10.2. The molecule has 1 saturated carbocycles. The number of hydrogen-bond donors (Lipinski definition) is 1. The molecule has 2 aliphatic heterocycles. The smallest absolute Gasteiger partial charge is 0.248 e. The number of carbonyl (C=O) groups excluding carboxylic acids is 1. The average molecular weight is 419 g/mol. The van der Waals surface area contributed by atoms with E-state index in [9.17, 15) is 13.6 Å². The second-order valence-electron chi connectivity index (χ2n) is 8.05. The first-order valence-corrected chi connectivity index (χ1v) is 10.5. The maximum atomic E-state index is 11.2. The Labute approximate surface area is 174 Å². The molecule has 2 atom stereocenters. The molecule has 2 aromatic rings. The van der Waals surface area contributed by atoms with E-state index < -0.39 is 5.92 Å². The van der Waals surface area contributed by atoms with Crippen LogP contribution in [0.2, 0.25) is 0 Å². The third-order valence-electron chi connectivity index (χ3n) is 5.60. The molecule has 8 nitrogen and oxygen atoms in total. The zero-order valence-corrected chi connectivity index (χ0v) is 17.0. The van der Waals surface area contributed by atoms with E-state index in [4.69, 9.17) is 0 Å². The van der Waals surface area contributed by atoms with Crippen molar-refractivity contribution in [2.75, 3.05) is 23.3 Å². The average Bonchev–Trinajstić information content (AvgIpc) is 3.14. The Kier molecular flexibility index (Phi) is 5.83. The summed E-state index contributed by atoms with van der Waals surface area (Å²) in [5.41, 5.74) is 0.886. The molecule has 2 saturated heterocycles. The minimum Gasteiger partial charge on any atom is -0.352 e. The molecule has 2 bridgehead atoms. The van der Waals surface area contributed by atoms with Crippen molar-refractivity contribution in [2.24, 2.45) is 0 Å². The summed E-state index contributed by atoms with van der Waals surface area (Å²) in [6, 6.07) is 2.53. The number of alkyl halides is 2. The number of piperazine rings is 1. The Bertz CT molecular complexity index is 854. The van der Waals surface area contributed by atoms with Gasteiger partial charge in [0.1, 0.15) is 5.82 Å². The normalized spacial score (nSPS) is 23.6. The lowest BCUT2D eigenvalue weighted by Gasteiger charge is -2.39. The van der Waals surface area contributed by atoms with Crippen LogP contribution in [0.15, 0.2) is 24.7 Å². The fraction of sp³-hybridized carbons (Fsp3) is 0.600. The van der Waals surface area contributed by atoms with Gasteiger partial charge in [-0.1, -0.05) is 6.92 Å². The molecule has 2 aromatic heterocycles. The maximum Gasteiger partial charge on any atom is 0.248 e. The number of amides is 1. The molecule has 3 aliphatic rings. The zero-order valence-electron chi connectivity index (χ0n) is 17.0. The number of nitrogens with zero attached hydrogens (tertiary/aromatic N) is 6. The van der Waals surface area contributed by atoms with Gasteiger partial charge >= 0.3 is 0 Å². The van der Waals surface area contributed by atoms with Gasteiger partial charge in [-0.2, -0.15) is 10.1 Å². The third-order valence-corrected chi connectivity index (χ3v) is 5.60. The minimum atomic E-state index is -2.25. The number of fused-ring (bicyclic) bond motifs is 2. The Morgan fingerprint density at radius 1 is 1.27 bits per heavy atom. The van der Waals surface area contributed by atoms with E-state index in [2.05, 4.69) is 32.2 Å². The van der Waals surface area contributed by atoms with E-state index in [1.54, 1.807) is 12.4 Å². The van der Waals surface area contributed by atoms with Gasteiger partial charge in [0.05, 0.1) is 11.9 Å². The van der Waals surface area contributed by atoms with Crippen LogP contribution in [0.3, 0.4) is 0 Å². The molecule has 0 aromatic carbocycles. The molecule has 5 rings (SSSR count). The van der Waals surface area contributed by atoms with Gasteiger partial charge in [0.2, 0.25) is 18.3 Å². The van der Waals surface area contributed by atoms with Crippen LogP contribution >= 0.6 is 0 Å². The van der Waals surface area contributed by atoms with Gasteiger partial charge < -0.3 is 15.1 Å². The number of carbonyl (C=O) groups is 1. The van der Waals surface area contributed by atoms with E-state index in [0.29, 0.717) is 18.0 Å². The predicted molar refractivity (Wildman–Crippen MR) is 109 cm³/mol. The van der Waals surface area contributed by atoms with Crippen LogP contribution in [0.25, 0.3) is 0 Å². The van der Waals surface area contributed by atoms with Crippen LogP contribution in [-0.2, 0) is 11.3 Å². The summed E-state index contributed by atoms with van der Waals surface area (Å²) in [5.74, 6) is -0.778. The highest BCUT2D eigenvalue weighted by Gasteiger charge is 2.43. The van der Waals surface area contributed by atoms with Crippen molar-refractivity contribution in [1.82, 2.24) is 24.6 Å². The number of aromatic nitrogens is 4. The van der Waals surface area contributed by atoms with Crippen LogP contribution in [0.5, 0.6) is 0 Å². The minimum absolute atomic E-state index is 0.118. The van der Waals surface area contributed by atoms with Crippen LogP contribution in [0.1, 0.15) is 39.0 Å². The third kappa shape index (κ3) is 4.85. The number of anilines is 3. The largest absolute Gasteiger partial charge is 0.352 e. The number of aryl methyl sites for hydroxylation is 1. The summed E-state index contributed by atoms with van der Waals surface area (Å²) in [7, 11) is 0. The first-order chi connectivity index (χ1) is 14.5. The lowest BCUT2D eigenvalue weighted by Crippen LogP contribution is -2.53. The van der Waals surface area contributed by atoms with Crippen LogP contribution in [-0.4, -0.2) is 62.2 Å². The SMILES string of the molecule is CCCn1cc(Nc2nccc(N3C[C@@H]4CC[C@@H](C3)N4C=O)n2)cn1.FC1(F)CC1. The van der Waals surface area contributed by atoms with Crippen molar-refractivity contribution in [1.29, 1.82) is 0 Å². The Balaban J connectivity index is 0.000000383. The first kappa shape index (κ1) is 20.5. The van der Waals surface area contributed by atoms with Gasteiger partial charge in [-0.3, -0.25) is 9.48 Å². The van der Waals surface area contributed by atoms with Gasteiger partial charge in [-0.05, 0) is 25.3 Å². The highest BCUT2D eigenvalue weighted by Crippen LogP contribution is 2.40. The van der Waals surface area contributed by atoms with Crippen LogP contribution in [0.4, 0.5) is 26.2 Å². The highest BCUT2D eigenvalue weighted by atomic mass is 19.3. The molecule has 4 heterocycles. The first-order valence-electron chi connectivity index (χ1n) is 10.5.